The van der Waals surface area contributed by atoms with E-state index in [1.54, 1.807) is 32.6 Å². The Balaban J connectivity index is 1.92. The molecule has 0 saturated carbocycles. The second-order valence-electron chi connectivity index (χ2n) is 7.50. The molecule has 0 aromatic carbocycles. The summed E-state index contributed by atoms with van der Waals surface area (Å²) < 4.78 is 5.23. The van der Waals surface area contributed by atoms with Crippen LogP contribution >= 0.6 is 0 Å². The molecule has 0 bridgehead atoms. The number of Topliss-reactive ketones (excluding diaryl/α,β-unsaturated/α-hetero) is 2. The number of amides is 1. The number of allylic oxidation sites excluding steroid dienone is 4. The fourth-order valence-electron chi connectivity index (χ4n) is 3.32. The Kier molecular flexibility index (Phi) is 6.53. The van der Waals surface area contributed by atoms with Crippen molar-refractivity contribution in [2.75, 3.05) is 26.3 Å². The van der Waals surface area contributed by atoms with E-state index in [-0.39, 0.29) is 23.9 Å². The standard InChI is InChI=1S/C20H29NO5/c1-13-14(2)19(24)16(15(3)18(13)23)5-7-20(4,25)8-6-17(22)21-9-11-26-12-10-21/h25H,5-12H2,1-4H3. The normalized spacial score (nSPS) is 21.3. The predicted molar refractivity (Wildman–Crippen MR) is 97.6 cm³/mol. The molecule has 1 atom stereocenters. The lowest BCUT2D eigenvalue weighted by molar-refractivity contribution is -0.136. The molecule has 1 aliphatic carbocycles. The molecule has 0 radical (unpaired) electrons. The zero-order valence-corrected chi connectivity index (χ0v) is 16.2. The van der Waals surface area contributed by atoms with Crippen LogP contribution in [0.25, 0.3) is 0 Å². The van der Waals surface area contributed by atoms with Crippen molar-refractivity contribution in [2.45, 2.75) is 59.0 Å². The number of hydrogen-bond acceptors (Lipinski definition) is 5. The molecule has 0 aromatic heterocycles. The molecule has 0 aromatic rings. The highest BCUT2D eigenvalue weighted by atomic mass is 16.5. The summed E-state index contributed by atoms with van der Waals surface area (Å²) in [6.45, 7) is 8.98. The lowest BCUT2D eigenvalue weighted by atomic mass is 9.82. The van der Waals surface area contributed by atoms with Crippen LogP contribution < -0.4 is 0 Å². The summed E-state index contributed by atoms with van der Waals surface area (Å²) in [7, 11) is 0. The molecule has 1 saturated heterocycles. The van der Waals surface area contributed by atoms with Crippen LogP contribution in [0.3, 0.4) is 0 Å². The summed E-state index contributed by atoms with van der Waals surface area (Å²) in [6.07, 6.45) is 1.25. The van der Waals surface area contributed by atoms with Crippen LogP contribution in [0.5, 0.6) is 0 Å². The number of ketones is 2. The lowest BCUT2D eigenvalue weighted by Crippen LogP contribution is -2.41. The molecular weight excluding hydrogens is 334 g/mol. The number of nitrogens with zero attached hydrogens (tertiary/aromatic N) is 1. The van der Waals surface area contributed by atoms with Gasteiger partial charge in [0.25, 0.3) is 0 Å². The van der Waals surface area contributed by atoms with Gasteiger partial charge in [-0.25, -0.2) is 0 Å². The third kappa shape index (κ3) is 4.68. The van der Waals surface area contributed by atoms with Crippen molar-refractivity contribution in [2.24, 2.45) is 0 Å². The second-order valence-corrected chi connectivity index (χ2v) is 7.50. The van der Waals surface area contributed by atoms with Crippen molar-refractivity contribution >= 4 is 17.5 Å². The molecule has 26 heavy (non-hydrogen) atoms. The highest BCUT2D eigenvalue weighted by Crippen LogP contribution is 2.30. The first-order valence-electron chi connectivity index (χ1n) is 9.18. The molecule has 6 heteroatoms. The number of morpholine rings is 1. The van der Waals surface area contributed by atoms with Gasteiger partial charge in [-0.05, 0) is 47.0 Å². The molecule has 1 unspecified atom stereocenters. The largest absolute Gasteiger partial charge is 0.390 e. The zero-order chi connectivity index (χ0) is 19.5. The van der Waals surface area contributed by atoms with E-state index in [9.17, 15) is 19.5 Å². The van der Waals surface area contributed by atoms with Crippen LogP contribution in [-0.4, -0.2) is 59.4 Å². The van der Waals surface area contributed by atoms with Crippen LogP contribution in [0.1, 0.15) is 53.4 Å². The molecular formula is C20H29NO5. The Hall–Kier alpha value is -1.79. The number of hydrogen-bond donors (Lipinski definition) is 1. The molecule has 2 aliphatic rings. The van der Waals surface area contributed by atoms with Gasteiger partial charge in [-0.3, -0.25) is 14.4 Å². The van der Waals surface area contributed by atoms with Gasteiger partial charge in [0.1, 0.15) is 0 Å². The van der Waals surface area contributed by atoms with E-state index >= 15 is 0 Å². The Morgan fingerprint density at radius 1 is 1.04 bits per heavy atom. The van der Waals surface area contributed by atoms with E-state index in [1.165, 1.54) is 0 Å². The van der Waals surface area contributed by atoms with Gasteiger partial charge >= 0.3 is 0 Å². The lowest BCUT2D eigenvalue weighted by Gasteiger charge is -2.29. The van der Waals surface area contributed by atoms with E-state index < -0.39 is 5.60 Å². The zero-order valence-electron chi connectivity index (χ0n) is 16.2. The molecule has 1 N–H and O–H groups in total. The van der Waals surface area contributed by atoms with E-state index in [0.29, 0.717) is 67.9 Å². The maximum absolute atomic E-state index is 12.5. The topological polar surface area (TPSA) is 83.9 Å². The van der Waals surface area contributed by atoms with Gasteiger partial charge < -0.3 is 14.7 Å². The molecule has 1 heterocycles. The SMILES string of the molecule is CC1=C(C)C(=O)C(CCC(C)(O)CCC(=O)N2CCOCC2)=C(C)C1=O. The highest BCUT2D eigenvalue weighted by Gasteiger charge is 2.30. The van der Waals surface area contributed by atoms with Crippen LogP contribution in [0.4, 0.5) is 0 Å². The van der Waals surface area contributed by atoms with Crippen LogP contribution in [0.2, 0.25) is 0 Å². The fraction of sp³-hybridized carbons (Fsp3) is 0.650. The highest BCUT2D eigenvalue weighted by molar-refractivity contribution is 6.24. The fourth-order valence-corrected chi connectivity index (χ4v) is 3.32. The van der Waals surface area contributed by atoms with Crippen LogP contribution in [0, 0.1) is 0 Å². The third-order valence-corrected chi connectivity index (χ3v) is 5.47. The third-order valence-electron chi connectivity index (χ3n) is 5.47. The first kappa shape index (κ1) is 20.5. The van der Waals surface area contributed by atoms with Gasteiger partial charge in [-0.2, -0.15) is 0 Å². The minimum Gasteiger partial charge on any atom is -0.390 e. The summed E-state index contributed by atoms with van der Waals surface area (Å²) in [5.41, 5.74) is 0.871. The minimum absolute atomic E-state index is 0.0160. The van der Waals surface area contributed by atoms with Crippen LogP contribution in [0.15, 0.2) is 22.3 Å². The average molecular weight is 363 g/mol. The Morgan fingerprint density at radius 2 is 1.62 bits per heavy atom. The first-order valence-corrected chi connectivity index (χ1v) is 9.18. The number of aliphatic hydroxyl groups is 1. The summed E-state index contributed by atoms with van der Waals surface area (Å²) in [5.74, 6) is -0.193. The van der Waals surface area contributed by atoms with E-state index in [2.05, 4.69) is 0 Å². The van der Waals surface area contributed by atoms with Crippen molar-refractivity contribution in [3.63, 3.8) is 0 Å². The van der Waals surface area contributed by atoms with E-state index in [0.717, 1.165) is 0 Å². The van der Waals surface area contributed by atoms with Crippen molar-refractivity contribution in [1.82, 2.24) is 4.90 Å². The van der Waals surface area contributed by atoms with Crippen molar-refractivity contribution in [3.8, 4) is 0 Å². The number of rotatable bonds is 6. The smallest absolute Gasteiger partial charge is 0.222 e. The molecule has 2 rings (SSSR count). The number of carbonyl (C=O) groups excluding carboxylic acids is 3. The maximum atomic E-state index is 12.5. The van der Waals surface area contributed by atoms with Crippen LogP contribution in [-0.2, 0) is 19.1 Å². The first-order chi connectivity index (χ1) is 12.1. The Morgan fingerprint density at radius 3 is 2.23 bits per heavy atom. The van der Waals surface area contributed by atoms with Crippen molar-refractivity contribution in [1.29, 1.82) is 0 Å². The predicted octanol–water partition coefficient (Wildman–Crippen LogP) is 1.96. The van der Waals surface area contributed by atoms with Gasteiger partial charge in [0.15, 0.2) is 11.6 Å². The van der Waals surface area contributed by atoms with E-state index in [1.807, 2.05) is 0 Å². The monoisotopic (exact) mass is 363 g/mol. The quantitative estimate of drug-likeness (QED) is 0.730. The molecule has 1 fully saturated rings. The number of carbonyl (C=O) groups is 3. The molecule has 1 aliphatic heterocycles. The summed E-state index contributed by atoms with van der Waals surface area (Å²) in [5, 5.41) is 10.6. The van der Waals surface area contributed by atoms with E-state index in [4.69, 9.17) is 4.74 Å². The Labute approximate surface area is 154 Å². The van der Waals surface area contributed by atoms with Gasteiger partial charge in [-0.1, -0.05) is 0 Å². The van der Waals surface area contributed by atoms with Gasteiger partial charge in [0.2, 0.25) is 5.91 Å². The minimum atomic E-state index is -1.07. The maximum Gasteiger partial charge on any atom is 0.222 e. The van der Waals surface area contributed by atoms with Gasteiger partial charge in [0.05, 0.1) is 18.8 Å². The van der Waals surface area contributed by atoms with Gasteiger partial charge in [-0.15, -0.1) is 0 Å². The van der Waals surface area contributed by atoms with Crippen molar-refractivity contribution < 1.29 is 24.2 Å². The summed E-state index contributed by atoms with van der Waals surface area (Å²) in [4.78, 5) is 38.7. The van der Waals surface area contributed by atoms with Gasteiger partial charge in [0, 0.05) is 41.8 Å². The second kappa shape index (κ2) is 8.27. The average Bonchev–Trinajstić information content (AvgIpc) is 2.63. The van der Waals surface area contributed by atoms with Crippen molar-refractivity contribution in [3.05, 3.63) is 22.3 Å². The molecule has 6 nitrogen and oxygen atoms in total. The molecule has 0 spiro atoms. The Bertz CT molecular complexity index is 666. The summed E-state index contributed by atoms with van der Waals surface area (Å²) in [6, 6.07) is 0. The molecule has 144 valence electrons. The number of ether oxygens (including phenoxy) is 1. The molecule has 1 amide bonds. The summed E-state index contributed by atoms with van der Waals surface area (Å²) >= 11 is 0.